The second-order valence-corrected chi connectivity index (χ2v) is 6.30. The van der Waals surface area contributed by atoms with Crippen molar-refractivity contribution in [2.24, 2.45) is 17.3 Å². The number of aliphatic carboxylic acids is 1. The molecule has 1 saturated heterocycles. The monoisotopic (exact) mass is 270 g/mol. The summed E-state index contributed by atoms with van der Waals surface area (Å²) in [5.74, 6) is -1.01. The number of nitrogens with one attached hydrogen (secondary N) is 2. The van der Waals surface area contributed by atoms with Gasteiger partial charge in [0, 0.05) is 5.41 Å². The Morgan fingerprint density at radius 1 is 1.37 bits per heavy atom. The van der Waals surface area contributed by atoms with Gasteiger partial charge in [0.25, 0.3) is 0 Å². The number of hydrogen-bond donors (Lipinski definition) is 3. The number of carbonyl (C=O) groups is 2. The van der Waals surface area contributed by atoms with Crippen molar-refractivity contribution in [3.63, 3.8) is 0 Å². The van der Waals surface area contributed by atoms with E-state index in [0.717, 1.165) is 25.9 Å². The van der Waals surface area contributed by atoms with Crippen LogP contribution in [0.4, 0.5) is 0 Å². The van der Waals surface area contributed by atoms with E-state index >= 15 is 0 Å². The van der Waals surface area contributed by atoms with E-state index in [2.05, 4.69) is 10.6 Å². The van der Waals surface area contributed by atoms with Gasteiger partial charge in [0.15, 0.2) is 0 Å². The summed E-state index contributed by atoms with van der Waals surface area (Å²) in [6.45, 7) is 9.22. The van der Waals surface area contributed by atoms with E-state index in [1.807, 2.05) is 13.8 Å². The SMILES string of the molecule is CC(C)[C@H](NC(=O)C(C)(C)C1CCCNC1)C(=O)O. The second-order valence-electron chi connectivity index (χ2n) is 6.30. The first kappa shape index (κ1) is 16.0. The Hall–Kier alpha value is -1.10. The topological polar surface area (TPSA) is 78.4 Å². The second kappa shape index (κ2) is 6.37. The molecule has 1 heterocycles. The van der Waals surface area contributed by atoms with Crippen LogP contribution in [0, 0.1) is 17.3 Å². The Morgan fingerprint density at radius 2 is 2.00 bits per heavy atom. The van der Waals surface area contributed by atoms with Gasteiger partial charge in [0.1, 0.15) is 6.04 Å². The summed E-state index contributed by atoms with van der Waals surface area (Å²) in [6, 6.07) is -0.816. The van der Waals surface area contributed by atoms with Crippen molar-refractivity contribution in [1.82, 2.24) is 10.6 Å². The molecule has 110 valence electrons. The molecule has 0 aliphatic carbocycles. The highest BCUT2D eigenvalue weighted by atomic mass is 16.4. The minimum absolute atomic E-state index is 0.123. The zero-order valence-electron chi connectivity index (χ0n) is 12.3. The predicted molar refractivity (Wildman–Crippen MR) is 73.8 cm³/mol. The lowest BCUT2D eigenvalue weighted by atomic mass is 9.74. The van der Waals surface area contributed by atoms with Crippen LogP contribution in [0.15, 0.2) is 0 Å². The maximum atomic E-state index is 12.4. The van der Waals surface area contributed by atoms with E-state index in [1.165, 1.54) is 0 Å². The average Bonchev–Trinajstić information content (AvgIpc) is 2.35. The maximum absolute atomic E-state index is 12.4. The van der Waals surface area contributed by atoms with Gasteiger partial charge in [-0.05, 0) is 37.8 Å². The lowest BCUT2D eigenvalue weighted by Crippen LogP contribution is -2.53. The maximum Gasteiger partial charge on any atom is 0.326 e. The van der Waals surface area contributed by atoms with Crippen molar-refractivity contribution in [2.75, 3.05) is 13.1 Å². The smallest absolute Gasteiger partial charge is 0.326 e. The molecular weight excluding hydrogens is 244 g/mol. The third-order valence-electron chi connectivity index (χ3n) is 4.12. The number of amides is 1. The minimum Gasteiger partial charge on any atom is -0.480 e. The van der Waals surface area contributed by atoms with Gasteiger partial charge in [0.2, 0.25) is 5.91 Å². The Kier molecular flexibility index (Phi) is 5.35. The Bertz CT molecular complexity index is 334. The van der Waals surface area contributed by atoms with E-state index in [4.69, 9.17) is 5.11 Å². The lowest BCUT2D eigenvalue weighted by Gasteiger charge is -2.37. The highest BCUT2D eigenvalue weighted by Gasteiger charge is 2.39. The molecule has 19 heavy (non-hydrogen) atoms. The number of hydrogen-bond acceptors (Lipinski definition) is 3. The van der Waals surface area contributed by atoms with E-state index in [0.29, 0.717) is 0 Å². The molecule has 2 atom stereocenters. The Labute approximate surface area is 115 Å². The van der Waals surface area contributed by atoms with E-state index in [9.17, 15) is 9.59 Å². The molecule has 0 bridgehead atoms. The van der Waals surface area contributed by atoms with Crippen LogP contribution in [0.1, 0.15) is 40.5 Å². The summed E-state index contributed by atoms with van der Waals surface area (Å²) in [7, 11) is 0. The van der Waals surface area contributed by atoms with E-state index in [1.54, 1.807) is 13.8 Å². The van der Waals surface area contributed by atoms with Gasteiger partial charge in [-0.3, -0.25) is 4.79 Å². The zero-order valence-corrected chi connectivity index (χ0v) is 12.3. The van der Waals surface area contributed by atoms with Crippen LogP contribution in [0.3, 0.4) is 0 Å². The minimum atomic E-state index is -0.971. The van der Waals surface area contributed by atoms with E-state index < -0.39 is 17.4 Å². The molecule has 0 aromatic heterocycles. The van der Waals surface area contributed by atoms with Crippen LogP contribution in [-0.4, -0.2) is 36.1 Å². The lowest BCUT2D eigenvalue weighted by molar-refractivity contribution is -0.145. The van der Waals surface area contributed by atoms with Crippen LogP contribution in [0.5, 0.6) is 0 Å². The molecule has 0 saturated carbocycles. The molecule has 1 fully saturated rings. The predicted octanol–water partition coefficient (Wildman–Crippen LogP) is 1.24. The molecular formula is C14H26N2O3. The molecule has 1 unspecified atom stereocenters. The molecule has 0 spiro atoms. The van der Waals surface area contributed by atoms with Crippen molar-refractivity contribution >= 4 is 11.9 Å². The normalized spacial score (nSPS) is 22.1. The number of piperidine rings is 1. The van der Waals surface area contributed by atoms with Gasteiger partial charge >= 0.3 is 5.97 Å². The molecule has 3 N–H and O–H groups in total. The molecule has 5 heteroatoms. The molecule has 1 amide bonds. The van der Waals surface area contributed by atoms with Crippen LogP contribution in [-0.2, 0) is 9.59 Å². The van der Waals surface area contributed by atoms with Gasteiger partial charge in [-0.25, -0.2) is 4.79 Å². The van der Waals surface area contributed by atoms with Crippen molar-refractivity contribution in [3.05, 3.63) is 0 Å². The van der Waals surface area contributed by atoms with Crippen molar-refractivity contribution < 1.29 is 14.7 Å². The van der Waals surface area contributed by atoms with Crippen LogP contribution < -0.4 is 10.6 Å². The largest absolute Gasteiger partial charge is 0.480 e. The third kappa shape index (κ3) is 3.93. The van der Waals surface area contributed by atoms with Crippen LogP contribution >= 0.6 is 0 Å². The summed E-state index contributed by atoms with van der Waals surface area (Å²) in [6.07, 6.45) is 2.07. The summed E-state index contributed by atoms with van der Waals surface area (Å²) in [5.41, 5.74) is -0.546. The van der Waals surface area contributed by atoms with Gasteiger partial charge in [-0.2, -0.15) is 0 Å². The van der Waals surface area contributed by atoms with Crippen molar-refractivity contribution in [1.29, 1.82) is 0 Å². The molecule has 0 aromatic carbocycles. The Morgan fingerprint density at radius 3 is 2.42 bits per heavy atom. The fourth-order valence-electron chi connectivity index (χ4n) is 2.49. The summed E-state index contributed by atoms with van der Waals surface area (Å²) < 4.78 is 0. The molecule has 1 aliphatic heterocycles. The molecule has 1 rings (SSSR count). The highest BCUT2D eigenvalue weighted by Crippen LogP contribution is 2.32. The van der Waals surface area contributed by atoms with Gasteiger partial charge in [0.05, 0.1) is 0 Å². The van der Waals surface area contributed by atoms with Gasteiger partial charge in [-0.1, -0.05) is 27.7 Å². The summed E-state index contributed by atoms with van der Waals surface area (Å²) in [4.78, 5) is 23.5. The molecule has 0 aromatic rings. The first-order chi connectivity index (χ1) is 8.76. The zero-order chi connectivity index (χ0) is 14.6. The fraction of sp³-hybridized carbons (Fsp3) is 0.857. The number of carbonyl (C=O) groups excluding carboxylic acids is 1. The molecule has 5 nitrogen and oxygen atoms in total. The molecule has 0 radical (unpaired) electrons. The quantitative estimate of drug-likeness (QED) is 0.702. The third-order valence-corrected chi connectivity index (χ3v) is 4.12. The average molecular weight is 270 g/mol. The first-order valence-corrected chi connectivity index (χ1v) is 7.01. The number of carboxylic acids is 1. The fourth-order valence-corrected chi connectivity index (χ4v) is 2.49. The molecule has 1 aliphatic rings. The summed E-state index contributed by atoms with van der Waals surface area (Å²) >= 11 is 0. The van der Waals surface area contributed by atoms with Crippen molar-refractivity contribution in [3.8, 4) is 0 Å². The van der Waals surface area contributed by atoms with Crippen LogP contribution in [0.25, 0.3) is 0 Å². The standard InChI is InChI=1S/C14H26N2O3/c1-9(2)11(12(17)18)16-13(19)14(3,4)10-6-5-7-15-8-10/h9-11,15H,5-8H2,1-4H3,(H,16,19)(H,17,18)/t10?,11-/m0/s1. The van der Waals surface area contributed by atoms with Crippen LogP contribution in [0.2, 0.25) is 0 Å². The van der Waals surface area contributed by atoms with Gasteiger partial charge < -0.3 is 15.7 Å². The summed E-state index contributed by atoms with van der Waals surface area (Å²) in [5, 5.41) is 15.1. The van der Waals surface area contributed by atoms with E-state index in [-0.39, 0.29) is 17.7 Å². The number of carboxylic acid groups (broad SMARTS) is 1. The van der Waals surface area contributed by atoms with Gasteiger partial charge in [-0.15, -0.1) is 0 Å². The highest BCUT2D eigenvalue weighted by molar-refractivity contribution is 5.87. The Balaban J connectivity index is 2.71. The first-order valence-electron chi connectivity index (χ1n) is 7.01. The van der Waals surface area contributed by atoms with Crippen molar-refractivity contribution in [2.45, 2.75) is 46.6 Å². The number of rotatable bonds is 5.